The summed E-state index contributed by atoms with van der Waals surface area (Å²) < 4.78 is 51.2. The monoisotopic (exact) mass is 517 g/mol. The molecule has 0 spiro atoms. The lowest BCUT2D eigenvalue weighted by atomic mass is 9.67. The highest BCUT2D eigenvalue weighted by Gasteiger charge is 2.47. The van der Waals surface area contributed by atoms with Gasteiger partial charge in [0.05, 0.1) is 23.0 Å². The van der Waals surface area contributed by atoms with Crippen LogP contribution in [-0.2, 0) is 20.2 Å². The number of ketones is 1. The summed E-state index contributed by atoms with van der Waals surface area (Å²) in [5.41, 5.74) is 0.652. The first-order valence-electron chi connectivity index (χ1n) is 11.2. The van der Waals surface area contributed by atoms with Crippen LogP contribution in [-0.4, -0.2) is 40.5 Å². The molecule has 0 bridgehead atoms. The fourth-order valence-corrected chi connectivity index (χ4v) is 6.49. The van der Waals surface area contributed by atoms with Gasteiger partial charge < -0.3 is 10.4 Å². The number of aliphatic hydroxyl groups is 1. The van der Waals surface area contributed by atoms with Gasteiger partial charge in [0.25, 0.3) is 0 Å². The minimum absolute atomic E-state index is 0.0184. The highest BCUT2D eigenvalue weighted by Crippen LogP contribution is 2.57. The summed E-state index contributed by atoms with van der Waals surface area (Å²) in [6.07, 6.45) is 4.79. The Hall–Kier alpha value is -2.86. The number of carbonyl (C=O) groups is 1. The molecule has 2 aromatic rings. The molecule has 5 rings (SSSR count). The molecule has 1 fully saturated rings. The predicted molar refractivity (Wildman–Crippen MR) is 137 cm³/mol. The Labute approximate surface area is 205 Å². The average Bonchev–Trinajstić information content (AvgIpc) is 3.60. The molecular weight excluding hydrogens is 490 g/mol. The number of sulfonamides is 1. The number of hydrogen-bond donors (Lipinski definition) is 5. The minimum Gasteiger partial charge on any atom is -0.506 e. The lowest BCUT2D eigenvalue weighted by Gasteiger charge is -2.39. The summed E-state index contributed by atoms with van der Waals surface area (Å²) in [5, 5.41) is 14.1. The number of hydrogen-bond acceptors (Lipinski definition) is 8. The maximum Gasteiger partial charge on any atom is 0.229 e. The molecule has 3 aliphatic rings. The number of amidine groups is 1. The van der Waals surface area contributed by atoms with Gasteiger partial charge in [-0.3, -0.25) is 18.6 Å². The third-order valence-electron chi connectivity index (χ3n) is 6.78. The molecule has 0 amide bonds. The molecule has 9 nitrogen and oxygen atoms in total. The van der Waals surface area contributed by atoms with E-state index in [0.29, 0.717) is 17.9 Å². The number of anilines is 2. The Bertz CT molecular complexity index is 1410. The summed E-state index contributed by atoms with van der Waals surface area (Å²) in [7, 11) is -7.38. The zero-order valence-electron chi connectivity index (χ0n) is 19.3. The van der Waals surface area contributed by atoms with Gasteiger partial charge in [0.1, 0.15) is 16.2 Å². The van der Waals surface area contributed by atoms with Crippen molar-refractivity contribution in [1.29, 1.82) is 0 Å². The number of benzene rings is 2. The third-order valence-corrected chi connectivity index (χ3v) is 8.75. The second-order valence-electron chi connectivity index (χ2n) is 9.58. The van der Waals surface area contributed by atoms with Gasteiger partial charge in [-0.15, -0.1) is 4.40 Å². The summed E-state index contributed by atoms with van der Waals surface area (Å²) >= 11 is 0. The van der Waals surface area contributed by atoms with E-state index in [4.69, 9.17) is 0 Å². The molecule has 0 saturated heterocycles. The lowest BCUT2D eigenvalue weighted by molar-refractivity contribution is -0.120. The van der Waals surface area contributed by atoms with E-state index in [9.17, 15) is 27.4 Å². The fraction of sp³-hybridized carbons (Fsp3) is 0.333. The largest absolute Gasteiger partial charge is 0.506 e. The van der Waals surface area contributed by atoms with E-state index in [1.807, 2.05) is 19.1 Å². The molecule has 5 N–H and O–H groups in total. The number of fused-ring (bicyclic) bond motifs is 2. The van der Waals surface area contributed by atoms with E-state index in [0.717, 1.165) is 31.1 Å². The third kappa shape index (κ3) is 4.33. The van der Waals surface area contributed by atoms with Crippen LogP contribution in [0.1, 0.15) is 43.7 Å². The number of nitrogens with one attached hydrogen (secondary N) is 2. The Balaban J connectivity index is 1.58. The summed E-state index contributed by atoms with van der Waals surface area (Å²) in [6.45, 7) is 1.86. The van der Waals surface area contributed by atoms with Gasteiger partial charge >= 0.3 is 0 Å². The van der Waals surface area contributed by atoms with Crippen LogP contribution in [0.5, 0.6) is 0 Å². The maximum atomic E-state index is 13.9. The van der Waals surface area contributed by atoms with E-state index in [1.165, 1.54) is 18.2 Å². The fourth-order valence-electron chi connectivity index (χ4n) is 4.74. The van der Waals surface area contributed by atoms with E-state index in [1.54, 1.807) is 12.1 Å². The lowest BCUT2D eigenvalue weighted by Crippen LogP contribution is -2.42. The number of aliphatic hydroxyl groups excluding tert-OH is 1. The normalized spacial score (nSPS) is 24.1. The van der Waals surface area contributed by atoms with Crippen molar-refractivity contribution in [2.24, 2.45) is 10.3 Å². The highest BCUT2D eigenvalue weighted by atomic mass is 32.3. The predicted octanol–water partition coefficient (Wildman–Crippen LogP) is 4.91. The molecule has 0 aromatic heterocycles. The van der Waals surface area contributed by atoms with Crippen molar-refractivity contribution in [3.05, 3.63) is 59.2 Å². The zero-order valence-corrected chi connectivity index (χ0v) is 20.9. The molecule has 35 heavy (non-hydrogen) atoms. The van der Waals surface area contributed by atoms with Crippen LogP contribution in [0.3, 0.4) is 0 Å². The van der Waals surface area contributed by atoms with Crippen molar-refractivity contribution in [2.45, 2.75) is 42.9 Å². The van der Waals surface area contributed by atoms with Crippen LogP contribution >= 0.6 is 10.8 Å². The first-order chi connectivity index (χ1) is 16.4. The Kier molecular flexibility index (Phi) is 5.51. The van der Waals surface area contributed by atoms with Crippen LogP contribution in [0.25, 0.3) is 5.76 Å². The Morgan fingerprint density at radius 2 is 1.91 bits per heavy atom. The molecule has 2 aliphatic carbocycles. The van der Waals surface area contributed by atoms with Gasteiger partial charge in [0.2, 0.25) is 10.0 Å². The quantitative estimate of drug-likeness (QED) is 0.366. The highest BCUT2D eigenvalue weighted by molar-refractivity contribution is 8.23. The standard InChI is InChI=1S/C24H27N3O6S2/c1-24(12-11-14-7-8-14)17-6-4-3-5-16(17)21(28)20(22(24)29)23-25-18-10-9-15(26-34(2,30)31)13-19(18)35(32,33)27-23/h3-6,9-10,13-14,26,28,32-33H,7-8,11-12H2,1-2H3,(H,25,27)/t24-/m1/s1. The van der Waals surface area contributed by atoms with Gasteiger partial charge in [0.15, 0.2) is 11.6 Å². The smallest absolute Gasteiger partial charge is 0.229 e. The zero-order chi connectivity index (χ0) is 25.2. The van der Waals surface area contributed by atoms with Crippen molar-refractivity contribution >= 4 is 49.6 Å². The van der Waals surface area contributed by atoms with Crippen molar-refractivity contribution in [3.63, 3.8) is 0 Å². The van der Waals surface area contributed by atoms with Crippen molar-refractivity contribution < 1.29 is 27.4 Å². The summed E-state index contributed by atoms with van der Waals surface area (Å²) in [6, 6.07) is 11.4. The summed E-state index contributed by atoms with van der Waals surface area (Å²) in [5.74, 6) is -0.131. The molecule has 0 unspecified atom stereocenters. The van der Waals surface area contributed by atoms with Gasteiger partial charge in [-0.2, -0.15) is 0 Å². The van der Waals surface area contributed by atoms with Crippen molar-refractivity contribution in [2.75, 3.05) is 16.3 Å². The van der Waals surface area contributed by atoms with E-state index in [-0.39, 0.29) is 39.2 Å². The molecule has 1 heterocycles. The minimum atomic E-state index is -3.80. The van der Waals surface area contributed by atoms with Crippen LogP contribution in [0.15, 0.2) is 57.3 Å². The molecule has 1 atom stereocenters. The van der Waals surface area contributed by atoms with Gasteiger partial charge in [-0.05, 0) is 49.4 Å². The molecule has 0 radical (unpaired) electrons. The van der Waals surface area contributed by atoms with Crippen molar-refractivity contribution in [1.82, 2.24) is 0 Å². The second kappa shape index (κ2) is 8.09. The molecule has 186 valence electrons. The SMILES string of the molecule is C[C@]1(CCC2CC2)C(=O)C(C2=NS(O)(O)c3cc(NS(C)(=O)=O)ccc3N2)=C(O)c2ccccc21. The molecule has 2 aromatic carbocycles. The molecule has 11 heteroatoms. The summed E-state index contributed by atoms with van der Waals surface area (Å²) in [4.78, 5) is 13.9. The first-order valence-corrected chi connectivity index (χ1v) is 14.6. The molecule has 1 saturated carbocycles. The van der Waals surface area contributed by atoms with Gasteiger partial charge in [0, 0.05) is 5.56 Å². The average molecular weight is 518 g/mol. The maximum absolute atomic E-state index is 13.9. The van der Waals surface area contributed by atoms with Gasteiger partial charge in [-0.25, -0.2) is 8.42 Å². The van der Waals surface area contributed by atoms with Crippen molar-refractivity contribution in [3.8, 4) is 0 Å². The molecular formula is C24H27N3O6S2. The number of nitrogens with zero attached hydrogens (tertiary/aromatic N) is 1. The Morgan fingerprint density at radius 1 is 1.20 bits per heavy atom. The number of Topliss-reactive ketones (excluding diaryl/α,β-unsaturated/α-hetero) is 1. The van der Waals surface area contributed by atoms with Crippen LogP contribution in [0.4, 0.5) is 11.4 Å². The van der Waals surface area contributed by atoms with Crippen LogP contribution in [0, 0.1) is 5.92 Å². The molecule has 1 aliphatic heterocycles. The topological polar surface area (TPSA) is 148 Å². The van der Waals surface area contributed by atoms with Crippen LogP contribution < -0.4 is 10.0 Å². The van der Waals surface area contributed by atoms with E-state index in [2.05, 4.69) is 14.4 Å². The number of rotatable bonds is 6. The van der Waals surface area contributed by atoms with E-state index >= 15 is 0 Å². The first kappa shape index (κ1) is 23.9. The second-order valence-corrected chi connectivity index (χ2v) is 13.0. The van der Waals surface area contributed by atoms with Crippen LogP contribution in [0.2, 0.25) is 0 Å². The van der Waals surface area contributed by atoms with E-state index < -0.39 is 26.2 Å². The van der Waals surface area contributed by atoms with Gasteiger partial charge in [-0.1, -0.05) is 47.9 Å². The number of carbonyl (C=O) groups excluding carboxylic acids is 1. The Morgan fingerprint density at radius 3 is 2.60 bits per heavy atom.